The first-order valence-electron chi connectivity index (χ1n) is 9.76. The number of guanidine groups is 1. The quantitative estimate of drug-likeness (QED) is 0.380. The Balaban J connectivity index is 0.00000261. The van der Waals surface area contributed by atoms with Gasteiger partial charge in [0.2, 0.25) is 0 Å². The third-order valence-electron chi connectivity index (χ3n) is 5.85. The topological polar surface area (TPSA) is 66.1 Å². The molecule has 0 amide bonds. The molecule has 1 aromatic rings. The molecule has 3 N–H and O–H groups in total. The lowest BCUT2D eigenvalue weighted by molar-refractivity contribution is 0.0209. The minimum Gasteiger partial charge on any atom is -0.497 e. The SMILES string of the molecule is COc1ccc(NC(N)=NCC2(N3CCCCC3)CCN(C)CC2)cc1.I. The molecule has 3 rings (SSSR count). The number of rotatable bonds is 5. The van der Waals surface area contributed by atoms with E-state index in [1.165, 1.54) is 45.2 Å². The van der Waals surface area contributed by atoms with Crippen molar-refractivity contribution in [3.8, 4) is 5.75 Å². The second-order valence-corrected chi connectivity index (χ2v) is 7.63. The predicted octanol–water partition coefficient (Wildman–Crippen LogP) is 2.99. The van der Waals surface area contributed by atoms with Crippen LogP contribution >= 0.6 is 24.0 Å². The molecule has 0 unspecified atom stereocenters. The van der Waals surface area contributed by atoms with Crippen LogP contribution < -0.4 is 15.8 Å². The summed E-state index contributed by atoms with van der Waals surface area (Å²) in [5, 5.41) is 3.20. The number of nitrogens with two attached hydrogens (primary N) is 1. The second kappa shape index (κ2) is 10.5. The molecule has 0 spiro atoms. The molecule has 2 heterocycles. The predicted molar refractivity (Wildman–Crippen MR) is 123 cm³/mol. The summed E-state index contributed by atoms with van der Waals surface area (Å²) in [6, 6.07) is 7.75. The molecule has 2 saturated heterocycles. The fourth-order valence-electron chi connectivity index (χ4n) is 4.07. The van der Waals surface area contributed by atoms with Crippen molar-refractivity contribution in [2.45, 2.75) is 37.6 Å². The van der Waals surface area contributed by atoms with Gasteiger partial charge >= 0.3 is 0 Å². The Labute approximate surface area is 180 Å². The van der Waals surface area contributed by atoms with Crippen LogP contribution in [-0.4, -0.2) is 68.2 Å². The van der Waals surface area contributed by atoms with E-state index in [1.54, 1.807) is 7.11 Å². The Morgan fingerprint density at radius 3 is 2.33 bits per heavy atom. The van der Waals surface area contributed by atoms with Gasteiger partial charge in [0.15, 0.2) is 5.96 Å². The molecule has 0 aliphatic carbocycles. The van der Waals surface area contributed by atoms with Crippen molar-refractivity contribution in [3.05, 3.63) is 24.3 Å². The first-order valence-corrected chi connectivity index (χ1v) is 9.76. The molecular weight excluding hydrogens is 453 g/mol. The Kier molecular flexibility index (Phi) is 8.62. The Morgan fingerprint density at radius 1 is 1.11 bits per heavy atom. The van der Waals surface area contributed by atoms with Crippen molar-refractivity contribution in [3.63, 3.8) is 0 Å². The number of hydrogen-bond acceptors (Lipinski definition) is 4. The summed E-state index contributed by atoms with van der Waals surface area (Å²) < 4.78 is 5.19. The highest BCUT2D eigenvalue weighted by atomic mass is 127. The van der Waals surface area contributed by atoms with Gasteiger partial charge < -0.3 is 20.7 Å². The van der Waals surface area contributed by atoms with Gasteiger partial charge in [-0.25, -0.2) is 0 Å². The minimum absolute atomic E-state index is 0. The van der Waals surface area contributed by atoms with Gasteiger partial charge in [0.05, 0.1) is 13.7 Å². The summed E-state index contributed by atoms with van der Waals surface area (Å²) in [6.45, 7) is 5.45. The Bertz CT molecular complexity index is 593. The van der Waals surface area contributed by atoms with Gasteiger partial charge in [0, 0.05) is 11.2 Å². The second-order valence-electron chi connectivity index (χ2n) is 7.63. The fraction of sp³-hybridized carbons (Fsp3) is 0.650. The monoisotopic (exact) mass is 487 g/mol. The molecular formula is C20H34IN5O. The number of ether oxygens (including phenoxy) is 1. The minimum atomic E-state index is 0. The highest BCUT2D eigenvalue weighted by Gasteiger charge is 2.39. The molecule has 2 aliphatic rings. The molecule has 2 aliphatic heterocycles. The molecule has 0 saturated carbocycles. The molecule has 7 heteroatoms. The largest absolute Gasteiger partial charge is 0.497 e. The zero-order chi connectivity index (χ0) is 18.4. The smallest absolute Gasteiger partial charge is 0.193 e. The molecule has 0 bridgehead atoms. The van der Waals surface area contributed by atoms with E-state index in [0.29, 0.717) is 5.96 Å². The lowest BCUT2D eigenvalue weighted by Crippen LogP contribution is -2.58. The average Bonchev–Trinajstić information content (AvgIpc) is 2.69. The van der Waals surface area contributed by atoms with Crippen molar-refractivity contribution >= 4 is 35.6 Å². The van der Waals surface area contributed by atoms with Crippen LogP contribution in [0.25, 0.3) is 0 Å². The standard InChI is InChI=1S/C20H33N5O.HI/c1-24-14-10-20(11-15-24,25-12-4-3-5-13-25)16-22-19(21)23-17-6-8-18(26-2)9-7-17;/h6-9H,3-5,10-16H2,1-2H3,(H3,21,22,23);1H. The van der Waals surface area contributed by atoms with E-state index in [-0.39, 0.29) is 29.5 Å². The summed E-state index contributed by atoms with van der Waals surface area (Å²) >= 11 is 0. The summed E-state index contributed by atoms with van der Waals surface area (Å²) in [5.41, 5.74) is 7.29. The number of nitrogens with zero attached hydrogens (tertiary/aromatic N) is 3. The first-order chi connectivity index (χ1) is 12.6. The molecule has 152 valence electrons. The molecule has 0 radical (unpaired) electrons. The third kappa shape index (κ3) is 5.96. The number of benzene rings is 1. The Hall–Kier alpha value is -1.06. The van der Waals surface area contributed by atoms with Crippen molar-refractivity contribution in [1.29, 1.82) is 0 Å². The lowest BCUT2D eigenvalue weighted by atomic mass is 9.84. The van der Waals surface area contributed by atoms with E-state index >= 15 is 0 Å². The van der Waals surface area contributed by atoms with Crippen LogP contribution in [0.1, 0.15) is 32.1 Å². The number of methoxy groups -OCH3 is 1. The summed E-state index contributed by atoms with van der Waals surface area (Å²) in [4.78, 5) is 9.86. The molecule has 6 nitrogen and oxygen atoms in total. The van der Waals surface area contributed by atoms with Crippen molar-refractivity contribution in [1.82, 2.24) is 9.80 Å². The normalized spacial score (nSPS) is 21.3. The number of halogens is 1. The summed E-state index contributed by atoms with van der Waals surface area (Å²) in [5.74, 6) is 1.33. The Morgan fingerprint density at radius 2 is 1.74 bits per heavy atom. The van der Waals surface area contributed by atoms with Crippen LogP contribution in [0.5, 0.6) is 5.75 Å². The van der Waals surface area contributed by atoms with E-state index < -0.39 is 0 Å². The molecule has 0 atom stereocenters. The van der Waals surface area contributed by atoms with Crippen LogP contribution in [0, 0.1) is 0 Å². The van der Waals surface area contributed by atoms with Crippen LogP contribution in [0.3, 0.4) is 0 Å². The van der Waals surface area contributed by atoms with Gasteiger partial charge in [-0.2, -0.15) is 0 Å². The fourth-order valence-corrected chi connectivity index (χ4v) is 4.07. The van der Waals surface area contributed by atoms with Crippen molar-refractivity contribution in [2.75, 3.05) is 52.2 Å². The van der Waals surface area contributed by atoms with Gasteiger partial charge in [-0.3, -0.25) is 9.89 Å². The van der Waals surface area contributed by atoms with Crippen LogP contribution in [0.2, 0.25) is 0 Å². The average molecular weight is 487 g/mol. The number of nitrogens with one attached hydrogen (secondary N) is 1. The molecule has 0 aromatic heterocycles. The van der Waals surface area contributed by atoms with Gasteiger partial charge in [0.25, 0.3) is 0 Å². The number of likely N-dealkylation sites (tertiary alicyclic amines) is 2. The van der Waals surface area contributed by atoms with Gasteiger partial charge in [-0.05, 0) is 83.2 Å². The highest BCUT2D eigenvalue weighted by molar-refractivity contribution is 14.0. The zero-order valence-electron chi connectivity index (χ0n) is 16.6. The van der Waals surface area contributed by atoms with Gasteiger partial charge in [0.1, 0.15) is 5.75 Å². The number of aliphatic imine (C=N–C) groups is 1. The van der Waals surface area contributed by atoms with Crippen LogP contribution in [-0.2, 0) is 0 Å². The zero-order valence-corrected chi connectivity index (χ0v) is 18.9. The third-order valence-corrected chi connectivity index (χ3v) is 5.85. The maximum Gasteiger partial charge on any atom is 0.193 e. The molecule has 1 aromatic carbocycles. The highest BCUT2D eigenvalue weighted by Crippen LogP contribution is 2.31. The maximum absolute atomic E-state index is 6.19. The number of anilines is 1. The van der Waals surface area contributed by atoms with Crippen LogP contribution in [0.15, 0.2) is 29.3 Å². The molecule has 2 fully saturated rings. The van der Waals surface area contributed by atoms with E-state index in [9.17, 15) is 0 Å². The lowest BCUT2D eigenvalue weighted by Gasteiger charge is -2.49. The van der Waals surface area contributed by atoms with Gasteiger partial charge in [-0.1, -0.05) is 6.42 Å². The summed E-state index contributed by atoms with van der Waals surface area (Å²) in [7, 11) is 3.88. The van der Waals surface area contributed by atoms with Crippen molar-refractivity contribution in [2.24, 2.45) is 10.7 Å². The van der Waals surface area contributed by atoms with E-state index in [4.69, 9.17) is 15.5 Å². The maximum atomic E-state index is 6.19. The molecule has 27 heavy (non-hydrogen) atoms. The van der Waals surface area contributed by atoms with E-state index in [2.05, 4.69) is 22.2 Å². The number of piperidine rings is 2. The summed E-state index contributed by atoms with van der Waals surface area (Å²) in [6.07, 6.45) is 6.31. The van der Waals surface area contributed by atoms with Crippen molar-refractivity contribution < 1.29 is 4.74 Å². The van der Waals surface area contributed by atoms with E-state index in [0.717, 1.165) is 31.1 Å². The number of hydrogen-bond donors (Lipinski definition) is 2. The van der Waals surface area contributed by atoms with Crippen LogP contribution in [0.4, 0.5) is 5.69 Å². The first kappa shape index (κ1) is 22.2. The van der Waals surface area contributed by atoms with E-state index in [1.807, 2.05) is 24.3 Å². The van der Waals surface area contributed by atoms with Gasteiger partial charge in [-0.15, -0.1) is 24.0 Å².